The lowest BCUT2D eigenvalue weighted by molar-refractivity contribution is 0.519. The molecular formula is C17H18F2. The van der Waals surface area contributed by atoms with Crippen molar-refractivity contribution in [2.24, 2.45) is 0 Å². The van der Waals surface area contributed by atoms with E-state index in [-0.39, 0.29) is 17.0 Å². The van der Waals surface area contributed by atoms with E-state index in [0.717, 1.165) is 11.1 Å². The van der Waals surface area contributed by atoms with Crippen LogP contribution in [0.15, 0.2) is 36.4 Å². The highest BCUT2D eigenvalue weighted by atomic mass is 19.1. The first-order valence-electron chi connectivity index (χ1n) is 6.35. The average Bonchev–Trinajstić information content (AvgIpc) is 2.31. The van der Waals surface area contributed by atoms with Gasteiger partial charge in [-0.3, -0.25) is 0 Å². The van der Waals surface area contributed by atoms with Crippen LogP contribution in [0.2, 0.25) is 0 Å². The van der Waals surface area contributed by atoms with E-state index in [0.29, 0.717) is 11.1 Å². The van der Waals surface area contributed by atoms with Gasteiger partial charge in [0.2, 0.25) is 0 Å². The summed E-state index contributed by atoms with van der Waals surface area (Å²) in [5.74, 6) is -0.454. The normalized spacial score (nSPS) is 11.7. The van der Waals surface area contributed by atoms with Crippen molar-refractivity contribution < 1.29 is 8.78 Å². The quantitative estimate of drug-likeness (QED) is 0.658. The number of hydrogen-bond donors (Lipinski definition) is 0. The largest absolute Gasteiger partial charge is 0.207 e. The van der Waals surface area contributed by atoms with Gasteiger partial charge in [0.05, 0.1) is 0 Å². The minimum Gasteiger partial charge on any atom is -0.207 e. The molecule has 19 heavy (non-hydrogen) atoms. The third kappa shape index (κ3) is 2.83. The third-order valence-electron chi connectivity index (χ3n) is 3.22. The van der Waals surface area contributed by atoms with Crippen LogP contribution < -0.4 is 0 Å². The molecular weight excluding hydrogens is 242 g/mol. The first-order chi connectivity index (χ1) is 8.79. The Morgan fingerprint density at radius 3 is 2.16 bits per heavy atom. The van der Waals surface area contributed by atoms with Crippen LogP contribution in [0.3, 0.4) is 0 Å². The van der Waals surface area contributed by atoms with Crippen molar-refractivity contribution in [2.45, 2.75) is 33.1 Å². The van der Waals surface area contributed by atoms with Crippen LogP contribution >= 0.6 is 0 Å². The fourth-order valence-electron chi connectivity index (χ4n) is 2.15. The molecule has 2 aromatic carbocycles. The summed E-state index contributed by atoms with van der Waals surface area (Å²) < 4.78 is 27.5. The lowest BCUT2D eigenvalue weighted by Gasteiger charge is -2.22. The van der Waals surface area contributed by atoms with Gasteiger partial charge in [-0.2, -0.15) is 0 Å². The van der Waals surface area contributed by atoms with Crippen molar-refractivity contribution in [1.29, 1.82) is 0 Å². The maximum Gasteiger partial charge on any atom is 0.129 e. The highest BCUT2D eigenvalue weighted by molar-refractivity contribution is 5.65. The molecule has 2 heteroatoms. The molecule has 0 aliphatic carbocycles. The summed E-state index contributed by atoms with van der Waals surface area (Å²) in [5, 5.41) is 0. The van der Waals surface area contributed by atoms with Gasteiger partial charge in [0, 0.05) is 0 Å². The zero-order valence-corrected chi connectivity index (χ0v) is 11.7. The van der Waals surface area contributed by atoms with E-state index < -0.39 is 0 Å². The fraction of sp³-hybridized carbons (Fsp3) is 0.294. The predicted molar refractivity (Wildman–Crippen MR) is 75.2 cm³/mol. The standard InChI is InChI=1S/C17H18F2/c1-11-8-13(12-6-5-7-14(18)9-12)10-15(16(11)19)17(2,3)4/h5-10H,1-4H3. The second-order valence-electron chi connectivity index (χ2n) is 5.92. The first-order valence-corrected chi connectivity index (χ1v) is 6.35. The Bertz CT molecular complexity index is 607. The maximum absolute atomic E-state index is 14.2. The van der Waals surface area contributed by atoms with Gasteiger partial charge in [0.15, 0.2) is 0 Å². The molecule has 0 aromatic heterocycles. The van der Waals surface area contributed by atoms with Crippen LogP contribution in [0.4, 0.5) is 8.78 Å². The van der Waals surface area contributed by atoms with E-state index >= 15 is 0 Å². The number of benzene rings is 2. The van der Waals surface area contributed by atoms with Gasteiger partial charge < -0.3 is 0 Å². The van der Waals surface area contributed by atoms with Gasteiger partial charge >= 0.3 is 0 Å². The van der Waals surface area contributed by atoms with Crippen molar-refractivity contribution in [2.75, 3.05) is 0 Å². The van der Waals surface area contributed by atoms with Gasteiger partial charge in [0.1, 0.15) is 11.6 Å². The Labute approximate surface area is 113 Å². The zero-order valence-electron chi connectivity index (χ0n) is 11.7. The number of hydrogen-bond acceptors (Lipinski definition) is 0. The third-order valence-corrected chi connectivity index (χ3v) is 3.22. The molecule has 0 nitrogen and oxygen atoms in total. The Morgan fingerprint density at radius 1 is 0.895 bits per heavy atom. The molecule has 100 valence electrons. The van der Waals surface area contributed by atoms with Crippen molar-refractivity contribution in [3.63, 3.8) is 0 Å². The van der Waals surface area contributed by atoms with E-state index in [2.05, 4.69) is 0 Å². The van der Waals surface area contributed by atoms with Crippen LogP contribution in [0.1, 0.15) is 31.9 Å². The lowest BCUT2D eigenvalue weighted by atomic mass is 9.83. The molecule has 0 bridgehead atoms. The molecule has 0 amide bonds. The molecule has 0 N–H and O–H groups in total. The van der Waals surface area contributed by atoms with Gasteiger partial charge in [-0.05, 0) is 58.9 Å². The Kier molecular flexibility index (Phi) is 3.44. The maximum atomic E-state index is 14.2. The predicted octanol–water partition coefficient (Wildman–Crippen LogP) is 5.24. The molecule has 0 fully saturated rings. The summed E-state index contributed by atoms with van der Waals surface area (Å²) in [6, 6.07) is 9.96. The highest BCUT2D eigenvalue weighted by Gasteiger charge is 2.20. The van der Waals surface area contributed by atoms with Crippen LogP contribution in [-0.2, 0) is 5.41 Å². The topological polar surface area (TPSA) is 0 Å². The lowest BCUT2D eigenvalue weighted by Crippen LogP contribution is -2.14. The van der Waals surface area contributed by atoms with Gasteiger partial charge in [-0.1, -0.05) is 32.9 Å². The SMILES string of the molecule is Cc1cc(-c2cccc(F)c2)cc(C(C)(C)C)c1F. The molecule has 0 atom stereocenters. The van der Waals surface area contributed by atoms with E-state index in [1.165, 1.54) is 12.1 Å². The summed E-state index contributed by atoms with van der Waals surface area (Å²) in [4.78, 5) is 0. The van der Waals surface area contributed by atoms with Crippen molar-refractivity contribution in [3.8, 4) is 11.1 Å². The summed E-state index contributed by atoms with van der Waals surface area (Å²) in [5.41, 5.74) is 2.59. The zero-order chi connectivity index (χ0) is 14.2. The van der Waals surface area contributed by atoms with Crippen LogP contribution in [0, 0.1) is 18.6 Å². The fourth-order valence-corrected chi connectivity index (χ4v) is 2.15. The van der Waals surface area contributed by atoms with E-state index in [1.807, 2.05) is 32.9 Å². The molecule has 0 saturated carbocycles. The summed E-state index contributed by atoms with van der Waals surface area (Å²) in [6.45, 7) is 7.66. The molecule has 0 spiro atoms. The molecule has 0 aliphatic heterocycles. The Morgan fingerprint density at radius 2 is 1.58 bits per heavy atom. The summed E-state index contributed by atoms with van der Waals surface area (Å²) >= 11 is 0. The highest BCUT2D eigenvalue weighted by Crippen LogP contribution is 2.32. The molecule has 0 heterocycles. The number of halogens is 2. The van der Waals surface area contributed by atoms with E-state index in [1.54, 1.807) is 19.1 Å². The van der Waals surface area contributed by atoms with E-state index in [4.69, 9.17) is 0 Å². The second-order valence-corrected chi connectivity index (χ2v) is 5.92. The molecule has 0 unspecified atom stereocenters. The minimum atomic E-state index is -0.281. The van der Waals surface area contributed by atoms with Crippen LogP contribution in [0.25, 0.3) is 11.1 Å². The molecule has 0 radical (unpaired) electrons. The van der Waals surface area contributed by atoms with Gasteiger partial charge in [-0.25, -0.2) is 8.78 Å². The van der Waals surface area contributed by atoms with Crippen LogP contribution in [0.5, 0.6) is 0 Å². The molecule has 0 saturated heterocycles. The smallest absolute Gasteiger partial charge is 0.129 e. The molecule has 2 rings (SSSR count). The first kappa shape index (κ1) is 13.7. The van der Waals surface area contributed by atoms with Gasteiger partial charge in [-0.15, -0.1) is 0 Å². The molecule has 0 aliphatic rings. The van der Waals surface area contributed by atoms with Crippen molar-refractivity contribution >= 4 is 0 Å². The minimum absolute atomic E-state index is 0.173. The molecule has 2 aromatic rings. The Balaban J connectivity index is 2.63. The second kappa shape index (κ2) is 4.76. The van der Waals surface area contributed by atoms with E-state index in [9.17, 15) is 8.78 Å². The number of rotatable bonds is 1. The summed E-state index contributed by atoms with van der Waals surface area (Å²) in [6.07, 6.45) is 0. The Hall–Kier alpha value is -1.70. The van der Waals surface area contributed by atoms with Crippen molar-refractivity contribution in [3.05, 3.63) is 59.2 Å². The number of aryl methyl sites for hydroxylation is 1. The van der Waals surface area contributed by atoms with Crippen LogP contribution in [-0.4, -0.2) is 0 Å². The van der Waals surface area contributed by atoms with Crippen molar-refractivity contribution in [1.82, 2.24) is 0 Å². The summed E-state index contributed by atoms with van der Waals surface area (Å²) in [7, 11) is 0. The monoisotopic (exact) mass is 260 g/mol. The average molecular weight is 260 g/mol. The van der Waals surface area contributed by atoms with Gasteiger partial charge in [0.25, 0.3) is 0 Å².